The minimum absolute atomic E-state index is 0.374. The van der Waals surface area contributed by atoms with Gasteiger partial charge in [0.05, 0.1) is 0 Å². The lowest BCUT2D eigenvalue weighted by atomic mass is 9.83. The zero-order valence-electron chi connectivity index (χ0n) is 11.3. The summed E-state index contributed by atoms with van der Waals surface area (Å²) in [5, 5.41) is 7.03. The molecule has 0 spiro atoms. The predicted octanol–water partition coefficient (Wildman–Crippen LogP) is 2.37. The fourth-order valence-electron chi connectivity index (χ4n) is 3.09. The SMILES string of the molecule is CC1(CNc2ccc3c(n2)CCC3)CCCNC1. The quantitative estimate of drug-likeness (QED) is 0.858. The van der Waals surface area contributed by atoms with E-state index < -0.39 is 0 Å². The second kappa shape index (κ2) is 4.88. The number of fused-ring (bicyclic) bond motifs is 1. The molecule has 1 aliphatic carbocycles. The van der Waals surface area contributed by atoms with Gasteiger partial charge in [-0.3, -0.25) is 0 Å². The van der Waals surface area contributed by atoms with Gasteiger partial charge in [0.2, 0.25) is 0 Å². The van der Waals surface area contributed by atoms with Gasteiger partial charge in [-0.2, -0.15) is 0 Å². The molecule has 18 heavy (non-hydrogen) atoms. The minimum atomic E-state index is 0.374. The molecule has 0 aromatic carbocycles. The summed E-state index contributed by atoms with van der Waals surface area (Å²) in [7, 11) is 0. The van der Waals surface area contributed by atoms with Gasteiger partial charge in [-0.05, 0) is 55.7 Å². The molecule has 1 unspecified atom stereocenters. The van der Waals surface area contributed by atoms with Crippen LogP contribution in [0.25, 0.3) is 0 Å². The summed E-state index contributed by atoms with van der Waals surface area (Å²) in [5.74, 6) is 1.06. The molecular weight excluding hydrogens is 222 g/mol. The first kappa shape index (κ1) is 12.0. The molecular formula is C15H23N3. The highest BCUT2D eigenvalue weighted by atomic mass is 15.0. The first-order chi connectivity index (χ1) is 8.75. The maximum Gasteiger partial charge on any atom is 0.126 e. The van der Waals surface area contributed by atoms with E-state index in [-0.39, 0.29) is 0 Å². The molecule has 0 saturated carbocycles. The third-order valence-corrected chi connectivity index (χ3v) is 4.31. The molecule has 1 aromatic rings. The molecule has 0 radical (unpaired) electrons. The van der Waals surface area contributed by atoms with E-state index in [1.54, 1.807) is 0 Å². The highest BCUT2D eigenvalue weighted by Gasteiger charge is 2.26. The molecule has 1 fully saturated rings. The molecule has 3 rings (SSSR count). The number of aryl methyl sites for hydroxylation is 2. The van der Waals surface area contributed by atoms with Crippen molar-refractivity contribution >= 4 is 5.82 Å². The summed E-state index contributed by atoms with van der Waals surface area (Å²) in [6.07, 6.45) is 6.23. The van der Waals surface area contributed by atoms with Crippen molar-refractivity contribution in [3.05, 3.63) is 23.4 Å². The van der Waals surface area contributed by atoms with Crippen LogP contribution >= 0.6 is 0 Å². The van der Waals surface area contributed by atoms with Gasteiger partial charge in [0.1, 0.15) is 5.82 Å². The molecule has 2 aliphatic rings. The average Bonchev–Trinajstić information content (AvgIpc) is 2.85. The number of aromatic nitrogens is 1. The Kier molecular flexibility index (Phi) is 3.25. The van der Waals surface area contributed by atoms with Gasteiger partial charge in [-0.15, -0.1) is 0 Å². The van der Waals surface area contributed by atoms with Crippen molar-refractivity contribution in [2.24, 2.45) is 5.41 Å². The zero-order chi connectivity index (χ0) is 12.4. The highest BCUT2D eigenvalue weighted by molar-refractivity contribution is 5.40. The van der Waals surface area contributed by atoms with Gasteiger partial charge < -0.3 is 10.6 Å². The molecule has 3 nitrogen and oxygen atoms in total. The van der Waals surface area contributed by atoms with Gasteiger partial charge in [-0.25, -0.2) is 4.98 Å². The standard InChI is InChI=1S/C15H23N3/c1-15(8-3-9-16-10-15)11-17-14-7-6-12-4-2-5-13(12)18-14/h6-7,16H,2-5,8-11H2,1H3,(H,17,18). The second-order valence-corrected chi connectivity index (χ2v) is 6.10. The number of anilines is 1. The summed E-state index contributed by atoms with van der Waals surface area (Å²) in [4.78, 5) is 4.74. The molecule has 3 heteroatoms. The zero-order valence-corrected chi connectivity index (χ0v) is 11.3. The van der Waals surface area contributed by atoms with Crippen LogP contribution in [0.3, 0.4) is 0 Å². The minimum Gasteiger partial charge on any atom is -0.369 e. The summed E-state index contributed by atoms with van der Waals surface area (Å²) >= 11 is 0. The van der Waals surface area contributed by atoms with Crippen LogP contribution in [0.15, 0.2) is 12.1 Å². The van der Waals surface area contributed by atoms with Crippen molar-refractivity contribution in [3.63, 3.8) is 0 Å². The van der Waals surface area contributed by atoms with Crippen LogP contribution in [0.2, 0.25) is 0 Å². The molecule has 98 valence electrons. The lowest BCUT2D eigenvalue weighted by Gasteiger charge is -2.34. The fourth-order valence-corrected chi connectivity index (χ4v) is 3.09. The van der Waals surface area contributed by atoms with Gasteiger partial charge in [0, 0.05) is 18.8 Å². The molecule has 1 saturated heterocycles. The summed E-state index contributed by atoms with van der Waals surface area (Å²) in [5.41, 5.74) is 3.14. The van der Waals surface area contributed by atoms with Crippen molar-refractivity contribution in [1.29, 1.82) is 0 Å². The Bertz CT molecular complexity index is 422. The van der Waals surface area contributed by atoms with Crippen molar-refractivity contribution in [2.75, 3.05) is 25.0 Å². The Hall–Kier alpha value is -1.09. The molecule has 0 bridgehead atoms. The molecule has 1 aromatic heterocycles. The molecule has 1 aliphatic heterocycles. The van der Waals surface area contributed by atoms with Crippen molar-refractivity contribution in [1.82, 2.24) is 10.3 Å². The molecule has 0 amide bonds. The van der Waals surface area contributed by atoms with Crippen molar-refractivity contribution < 1.29 is 0 Å². The number of nitrogens with one attached hydrogen (secondary N) is 2. The number of nitrogens with zero attached hydrogens (tertiary/aromatic N) is 1. The van der Waals surface area contributed by atoms with Crippen LogP contribution in [0.5, 0.6) is 0 Å². The molecule has 2 heterocycles. The first-order valence-corrected chi connectivity index (χ1v) is 7.19. The maximum absolute atomic E-state index is 4.74. The fraction of sp³-hybridized carbons (Fsp3) is 0.667. The summed E-state index contributed by atoms with van der Waals surface area (Å²) < 4.78 is 0. The van der Waals surface area contributed by atoms with E-state index in [1.807, 2.05) is 0 Å². The van der Waals surface area contributed by atoms with Gasteiger partial charge in [-0.1, -0.05) is 13.0 Å². The maximum atomic E-state index is 4.74. The van der Waals surface area contributed by atoms with Crippen LogP contribution in [-0.2, 0) is 12.8 Å². The number of hydrogen-bond donors (Lipinski definition) is 2. The van der Waals surface area contributed by atoms with Crippen LogP contribution in [-0.4, -0.2) is 24.6 Å². The Morgan fingerprint density at radius 1 is 1.33 bits per heavy atom. The third kappa shape index (κ3) is 2.51. The Balaban J connectivity index is 1.62. The number of hydrogen-bond acceptors (Lipinski definition) is 3. The predicted molar refractivity (Wildman–Crippen MR) is 75.0 cm³/mol. The van der Waals surface area contributed by atoms with Crippen molar-refractivity contribution in [2.45, 2.75) is 39.0 Å². The molecule has 1 atom stereocenters. The van der Waals surface area contributed by atoms with Gasteiger partial charge >= 0.3 is 0 Å². The number of rotatable bonds is 3. The summed E-state index contributed by atoms with van der Waals surface area (Å²) in [6.45, 7) is 5.67. The van der Waals surface area contributed by atoms with Crippen LogP contribution in [0.4, 0.5) is 5.82 Å². The van der Waals surface area contributed by atoms with Gasteiger partial charge in [0.15, 0.2) is 0 Å². The Morgan fingerprint density at radius 2 is 2.28 bits per heavy atom. The number of pyridine rings is 1. The van der Waals surface area contributed by atoms with E-state index in [9.17, 15) is 0 Å². The first-order valence-electron chi connectivity index (χ1n) is 7.19. The highest BCUT2D eigenvalue weighted by Crippen LogP contribution is 2.26. The largest absolute Gasteiger partial charge is 0.369 e. The normalized spacial score (nSPS) is 26.9. The van der Waals surface area contributed by atoms with Gasteiger partial charge in [0.25, 0.3) is 0 Å². The number of piperidine rings is 1. The van der Waals surface area contributed by atoms with Crippen molar-refractivity contribution in [3.8, 4) is 0 Å². The van der Waals surface area contributed by atoms with E-state index in [1.165, 1.54) is 43.5 Å². The van der Waals surface area contributed by atoms with Crippen LogP contribution in [0, 0.1) is 5.41 Å². The third-order valence-electron chi connectivity index (χ3n) is 4.31. The van der Waals surface area contributed by atoms with E-state index >= 15 is 0 Å². The smallest absolute Gasteiger partial charge is 0.126 e. The lowest BCUT2D eigenvalue weighted by molar-refractivity contribution is 0.253. The Morgan fingerprint density at radius 3 is 3.11 bits per heavy atom. The lowest BCUT2D eigenvalue weighted by Crippen LogP contribution is -2.42. The van der Waals surface area contributed by atoms with Crippen LogP contribution < -0.4 is 10.6 Å². The average molecular weight is 245 g/mol. The van der Waals surface area contributed by atoms with E-state index in [2.05, 4.69) is 29.7 Å². The monoisotopic (exact) mass is 245 g/mol. The van der Waals surface area contributed by atoms with E-state index in [4.69, 9.17) is 4.98 Å². The topological polar surface area (TPSA) is 37.0 Å². The summed E-state index contributed by atoms with van der Waals surface area (Å²) in [6, 6.07) is 4.39. The molecule has 2 N–H and O–H groups in total. The Labute approximate surface area is 109 Å². The van der Waals surface area contributed by atoms with Crippen LogP contribution in [0.1, 0.15) is 37.4 Å². The van der Waals surface area contributed by atoms with E-state index in [0.29, 0.717) is 5.41 Å². The second-order valence-electron chi connectivity index (χ2n) is 6.10. The van der Waals surface area contributed by atoms with E-state index in [0.717, 1.165) is 25.3 Å².